The molecule has 1 amide bonds. The van der Waals surface area contributed by atoms with Crippen LogP contribution in [0.1, 0.15) is 20.8 Å². The first-order valence-electron chi connectivity index (χ1n) is 7.93. The second-order valence-electron chi connectivity index (χ2n) is 7.20. The molecule has 0 fully saturated rings. The van der Waals surface area contributed by atoms with Crippen molar-refractivity contribution in [3.8, 4) is 0 Å². The molecular formula is C16H26N6O2. The number of carbonyl (C=O) groups excluding carboxylic acids is 1. The zero-order valence-corrected chi connectivity index (χ0v) is 15.2. The third-order valence-corrected chi connectivity index (χ3v) is 4.31. The fraction of sp³-hybridized carbons (Fsp3) is 0.625. The van der Waals surface area contributed by atoms with Crippen molar-refractivity contribution in [1.29, 1.82) is 0 Å². The Morgan fingerprint density at radius 1 is 1.42 bits per heavy atom. The summed E-state index contributed by atoms with van der Waals surface area (Å²) >= 11 is 0. The van der Waals surface area contributed by atoms with E-state index < -0.39 is 0 Å². The number of hydrogen-bond donors (Lipinski definition) is 1. The normalized spacial score (nSPS) is 13.5. The Labute approximate surface area is 141 Å². The number of nitrogens with zero attached hydrogens (tertiary/aromatic N) is 5. The lowest BCUT2D eigenvalue weighted by Gasteiger charge is -2.34. The molecule has 0 saturated heterocycles. The third kappa shape index (κ3) is 3.81. The van der Waals surface area contributed by atoms with Crippen LogP contribution in [0.5, 0.6) is 0 Å². The van der Waals surface area contributed by atoms with E-state index in [1.807, 2.05) is 21.0 Å². The molecule has 24 heavy (non-hydrogen) atoms. The van der Waals surface area contributed by atoms with Gasteiger partial charge in [0.2, 0.25) is 5.91 Å². The van der Waals surface area contributed by atoms with Crippen LogP contribution in [0.25, 0.3) is 11.0 Å². The fourth-order valence-electron chi connectivity index (χ4n) is 2.77. The first kappa shape index (κ1) is 18.1. The first-order chi connectivity index (χ1) is 11.1. The van der Waals surface area contributed by atoms with Gasteiger partial charge in [0.25, 0.3) is 5.56 Å². The molecule has 8 nitrogen and oxygen atoms in total. The molecule has 0 saturated carbocycles. The first-order valence-corrected chi connectivity index (χ1v) is 7.93. The summed E-state index contributed by atoms with van der Waals surface area (Å²) < 4.78 is 2.85. The highest BCUT2D eigenvalue weighted by Crippen LogP contribution is 2.21. The van der Waals surface area contributed by atoms with E-state index >= 15 is 0 Å². The predicted molar refractivity (Wildman–Crippen MR) is 92.7 cm³/mol. The smallest absolute Gasteiger partial charge is 0.264 e. The number of nitrogens with one attached hydrogen (secondary N) is 1. The molecule has 2 rings (SSSR count). The monoisotopic (exact) mass is 334 g/mol. The van der Waals surface area contributed by atoms with Crippen molar-refractivity contribution < 1.29 is 4.79 Å². The molecule has 2 aromatic heterocycles. The van der Waals surface area contributed by atoms with E-state index in [-0.39, 0.29) is 29.5 Å². The third-order valence-electron chi connectivity index (χ3n) is 4.31. The molecule has 0 spiro atoms. The molecule has 8 heteroatoms. The number of rotatable bonds is 6. The van der Waals surface area contributed by atoms with Crippen LogP contribution in [0.2, 0.25) is 0 Å². The molecule has 0 aromatic carbocycles. The van der Waals surface area contributed by atoms with Crippen molar-refractivity contribution in [3.63, 3.8) is 0 Å². The zero-order chi connectivity index (χ0) is 18.1. The molecule has 0 aliphatic carbocycles. The predicted octanol–water partition coefficient (Wildman–Crippen LogP) is 0.223. The van der Waals surface area contributed by atoms with Crippen molar-refractivity contribution >= 4 is 16.9 Å². The largest absolute Gasteiger partial charge is 0.352 e. The number of aryl methyl sites for hydroxylation is 1. The van der Waals surface area contributed by atoms with Gasteiger partial charge in [-0.2, -0.15) is 5.10 Å². The second-order valence-corrected chi connectivity index (χ2v) is 7.20. The Morgan fingerprint density at radius 2 is 2.08 bits per heavy atom. The molecule has 1 N–H and O–H groups in total. The van der Waals surface area contributed by atoms with Crippen LogP contribution >= 0.6 is 0 Å². The van der Waals surface area contributed by atoms with Gasteiger partial charge < -0.3 is 10.2 Å². The molecule has 0 bridgehead atoms. The van der Waals surface area contributed by atoms with Gasteiger partial charge in [-0.3, -0.25) is 18.8 Å². The average molecular weight is 334 g/mol. The lowest BCUT2D eigenvalue weighted by molar-refractivity contribution is -0.123. The molecule has 0 radical (unpaired) electrons. The van der Waals surface area contributed by atoms with Crippen LogP contribution in [-0.2, 0) is 18.4 Å². The highest BCUT2D eigenvalue weighted by atomic mass is 16.2. The number of aromatic nitrogens is 4. The van der Waals surface area contributed by atoms with E-state index in [2.05, 4.69) is 34.1 Å². The Kier molecular flexibility index (Phi) is 5.08. The van der Waals surface area contributed by atoms with E-state index in [1.165, 1.54) is 21.8 Å². The Morgan fingerprint density at radius 3 is 2.71 bits per heavy atom. The number of fused-ring (bicyclic) bond motifs is 1. The van der Waals surface area contributed by atoms with Crippen molar-refractivity contribution in [2.24, 2.45) is 12.5 Å². The second kappa shape index (κ2) is 6.72. The van der Waals surface area contributed by atoms with Crippen LogP contribution in [0, 0.1) is 5.41 Å². The van der Waals surface area contributed by atoms with E-state index in [1.54, 1.807) is 7.05 Å². The van der Waals surface area contributed by atoms with Gasteiger partial charge >= 0.3 is 0 Å². The van der Waals surface area contributed by atoms with Crippen LogP contribution in [0.15, 0.2) is 17.3 Å². The highest BCUT2D eigenvalue weighted by Gasteiger charge is 2.27. The Bertz CT molecular complexity index is 789. The average Bonchev–Trinajstić information content (AvgIpc) is 2.82. The minimum absolute atomic E-state index is 0.0295. The fourth-order valence-corrected chi connectivity index (χ4v) is 2.77. The van der Waals surface area contributed by atoms with Crippen molar-refractivity contribution in [2.75, 3.05) is 20.6 Å². The van der Waals surface area contributed by atoms with Gasteiger partial charge in [-0.15, -0.1) is 0 Å². The molecule has 0 aliphatic rings. The van der Waals surface area contributed by atoms with Gasteiger partial charge in [0.15, 0.2) is 5.65 Å². The maximum Gasteiger partial charge on any atom is 0.264 e. The van der Waals surface area contributed by atoms with Crippen molar-refractivity contribution in [1.82, 2.24) is 29.5 Å². The Balaban J connectivity index is 2.10. The van der Waals surface area contributed by atoms with E-state index in [9.17, 15) is 9.59 Å². The zero-order valence-electron chi connectivity index (χ0n) is 15.2. The van der Waals surface area contributed by atoms with Gasteiger partial charge in [0.05, 0.1) is 6.20 Å². The minimum Gasteiger partial charge on any atom is -0.352 e. The maximum absolute atomic E-state index is 12.4. The molecular weight excluding hydrogens is 308 g/mol. The SMILES string of the molecule is C[C@H](NC(=O)Cn1cnc2c(cnn2C)c1=O)C(C)(C)CN(C)C. The van der Waals surface area contributed by atoms with Gasteiger partial charge in [0, 0.05) is 19.6 Å². The van der Waals surface area contributed by atoms with E-state index in [0.717, 1.165) is 6.54 Å². The van der Waals surface area contributed by atoms with Gasteiger partial charge in [0.1, 0.15) is 18.3 Å². The summed E-state index contributed by atoms with van der Waals surface area (Å²) in [7, 11) is 5.73. The van der Waals surface area contributed by atoms with Gasteiger partial charge in [-0.25, -0.2) is 4.98 Å². The summed E-state index contributed by atoms with van der Waals surface area (Å²) in [5.74, 6) is -0.207. The summed E-state index contributed by atoms with van der Waals surface area (Å²) in [5.41, 5.74) is 0.163. The quantitative estimate of drug-likeness (QED) is 0.817. The van der Waals surface area contributed by atoms with E-state index in [0.29, 0.717) is 11.0 Å². The van der Waals surface area contributed by atoms with Crippen LogP contribution in [0.4, 0.5) is 0 Å². The topological polar surface area (TPSA) is 85.0 Å². The molecule has 132 valence electrons. The van der Waals surface area contributed by atoms with Gasteiger partial charge in [-0.05, 0) is 26.4 Å². The molecule has 2 heterocycles. The van der Waals surface area contributed by atoms with Crippen LogP contribution < -0.4 is 10.9 Å². The summed E-state index contributed by atoms with van der Waals surface area (Å²) in [6.45, 7) is 6.98. The highest BCUT2D eigenvalue weighted by molar-refractivity contribution is 5.77. The molecule has 0 unspecified atom stereocenters. The Hall–Kier alpha value is -2.22. The van der Waals surface area contributed by atoms with Crippen molar-refractivity contribution in [2.45, 2.75) is 33.4 Å². The number of carbonyl (C=O) groups is 1. The lowest BCUT2D eigenvalue weighted by atomic mass is 9.85. The molecule has 1 atom stereocenters. The number of hydrogen-bond acceptors (Lipinski definition) is 5. The standard InChI is InChI=1S/C16H26N6O2/c1-11(16(2,3)9-20(4)5)19-13(23)8-22-10-17-14-12(15(22)24)7-18-21(14)6/h7,10-11H,8-9H2,1-6H3,(H,19,23)/t11-/m0/s1. The molecule has 0 aliphatic heterocycles. The maximum atomic E-state index is 12.4. The summed E-state index contributed by atoms with van der Waals surface area (Å²) in [4.78, 5) is 31.0. The van der Waals surface area contributed by atoms with Crippen molar-refractivity contribution in [3.05, 3.63) is 22.9 Å². The lowest BCUT2D eigenvalue weighted by Crippen LogP contribution is -2.48. The summed E-state index contributed by atoms with van der Waals surface area (Å²) in [6, 6.07) is -0.0295. The molecule has 2 aromatic rings. The van der Waals surface area contributed by atoms with Crippen LogP contribution in [0.3, 0.4) is 0 Å². The summed E-state index contributed by atoms with van der Waals surface area (Å²) in [6.07, 6.45) is 2.86. The number of amides is 1. The van der Waals surface area contributed by atoms with Crippen LogP contribution in [-0.4, -0.2) is 56.8 Å². The van der Waals surface area contributed by atoms with E-state index in [4.69, 9.17) is 0 Å². The summed E-state index contributed by atoms with van der Waals surface area (Å²) in [5, 5.41) is 7.41. The van der Waals surface area contributed by atoms with Gasteiger partial charge in [-0.1, -0.05) is 13.8 Å². The minimum atomic E-state index is -0.261.